The van der Waals surface area contributed by atoms with Crippen LogP contribution in [0.2, 0.25) is 0 Å². The number of benzene rings is 1. The van der Waals surface area contributed by atoms with Gasteiger partial charge in [0.1, 0.15) is 0 Å². The minimum absolute atomic E-state index is 0.266. The first-order chi connectivity index (χ1) is 9.15. The Labute approximate surface area is 116 Å². The smallest absolute Gasteiger partial charge is 0.0295 e. The van der Waals surface area contributed by atoms with Gasteiger partial charge in [-0.25, -0.2) is 0 Å². The summed E-state index contributed by atoms with van der Waals surface area (Å²) in [5.74, 6) is 2.05. The van der Waals surface area contributed by atoms with E-state index in [0.717, 1.165) is 19.0 Å². The highest BCUT2D eigenvalue weighted by atomic mass is 15.2. The minimum Gasteiger partial charge on any atom is -0.324 e. The van der Waals surface area contributed by atoms with Gasteiger partial charge < -0.3 is 5.73 Å². The molecule has 2 heteroatoms. The molecule has 2 N–H and O–H groups in total. The second kappa shape index (κ2) is 5.10. The van der Waals surface area contributed by atoms with Crippen molar-refractivity contribution in [2.24, 2.45) is 23.5 Å². The molecule has 1 aromatic rings. The van der Waals surface area contributed by atoms with E-state index in [4.69, 9.17) is 5.73 Å². The summed E-state index contributed by atoms with van der Waals surface area (Å²) in [4.78, 5) is 2.58. The molecule has 0 amide bonds. The van der Waals surface area contributed by atoms with Gasteiger partial charge in [0.05, 0.1) is 0 Å². The fourth-order valence-electron chi connectivity index (χ4n) is 3.84. The molecule has 3 rings (SSSR count). The highest BCUT2D eigenvalue weighted by Gasteiger charge is 2.41. The standard InChI is InChI=1S/C17H24N2/c1-12-8-13(2)17(18)16-11-19(10-15(12)16)9-14-6-4-3-5-7-14/h3-8,12,15-17H,9-11,18H2,1-2H3/t12-,15-,16-,17+/m1/s1. The van der Waals surface area contributed by atoms with Crippen molar-refractivity contribution in [3.63, 3.8) is 0 Å². The molecule has 0 radical (unpaired) electrons. The first-order valence-electron chi connectivity index (χ1n) is 7.35. The third-order valence-electron chi connectivity index (χ3n) is 4.93. The largest absolute Gasteiger partial charge is 0.324 e. The van der Waals surface area contributed by atoms with E-state index in [1.165, 1.54) is 17.7 Å². The van der Waals surface area contributed by atoms with Crippen LogP contribution < -0.4 is 5.73 Å². The molecule has 0 saturated carbocycles. The third-order valence-corrected chi connectivity index (χ3v) is 4.93. The predicted octanol–water partition coefficient (Wildman–Crippen LogP) is 2.66. The molecule has 0 unspecified atom stereocenters. The number of fused-ring (bicyclic) bond motifs is 1. The van der Waals surface area contributed by atoms with Crippen molar-refractivity contribution in [2.75, 3.05) is 13.1 Å². The second-order valence-corrected chi connectivity index (χ2v) is 6.30. The Morgan fingerprint density at radius 3 is 2.58 bits per heavy atom. The van der Waals surface area contributed by atoms with Gasteiger partial charge in [-0.3, -0.25) is 4.90 Å². The average Bonchev–Trinajstić information content (AvgIpc) is 2.82. The molecule has 0 spiro atoms. The zero-order valence-electron chi connectivity index (χ0n) is 11.9. The van der Waals surface area contributed by atoms with E-state index in [1.54, 1.807) is 0 Å². The number of nitrogens with two attached hydrogens (primary N) is 1. The van der Waals surface area contributed by atoms with Gasteiger partial charge >= 0.3 is 0 Å². The van der Waals surface area contributed by atoms with Crippen molar-refractivity contribution in [1.29, 1.82) is 0 Å². The van der Waals surface area contributed by atoms with Crippen LogP contribution in [0.5, 0.6) is 0 Å². The van der Waals surface area contributed by atoms with Crippen molar-refractivity contribution in [3.05, 3.63) is 47.5 Å². The molecule has 1 aromatic carbocycles. The van der Waals surface area contributed by atoms with Crippen LogP contribution in [0.1, 0.15) is 19.4 Å². The molecule has 0 aromatic heterocycles. The summed E-state index contributed by atoms with van der Waals surface area (Å²) < 4.78 is 0. The minimum atomic E-state index is 0.266. The molecule has 1 fully saturated rings. The molecule has 2 aliphatic rings. The Kier molecular flexibility index (Phi) is 3.46. The van der Waals surface area contributed by atoms with Crippen LogP contribution in [0.25, 0.3) is 0 Å². The first-order valence-corrected chi connectivity index (χ1v) is 7.35. The van der Waals surface area contributed by atoms with Gasteiger partial charge in [-0.15, -0.1) is 0 Å². The zero-order chi connectivity index (χ0) is 13.4. The van der Waals surface area contributed by atoms with Crippen molar-refractivity contribution in [2.45, 2.75) is 26.4 Å². The van der Waals surface area contributed by atoms with Gasteiger partial charge in [0.15, 0.2) is 0 Å². The molecule has 19 heavy (non-hydrogen) atoms. The summed E-state index contributed by atoms with van der Waals surface area (Å²) in [5, 5.41) is 0. The number of hydrogen-bond donors (Lipinski definition) is 1. The number of allylic oxidation sites excluding steroid dienone is 1. The van der Waals surface area contributed by atoms with E-state index in [2.05, 4.69) is 55.2 Å². The van der Waals surface area contributed by atoms with Gasteiger partial charge in [0.25, 0.3) is 0 Å². The zero-order valence-corrected chi connectivity index (χ0v) is 11.9. The molecular formula is C17H24N2. The Balaban J connectivity index is 1.71. The van der Waals surface area contributed by atoms with Crippen LogP contribution in [-0.4, -0.2) is 24.0 Å². The van der Waals surface area contributed by atoms with E-state index in [0.29, 0.717) is 11.8 Å². The van der Waals surface area contributed by atoms with Crippen molar-refractivity contribution in [3.8, 4) is 0 Å². The van der Waals surface area contributed by atoms with E-state index < -0.39 is 0 Å². The predicted molar refractivity (Wildman–Crippen MR) is 79.6 cm³/mol. The van der Waals surface area contributed by atoms with Gasteiger partial charge in [-0.2, -0.15) is 0 Å². The Bertz CT molecular complexity index is 465. The molecule has 1 aliphatic heterocycles. The lowest BCUT2D eigenvalue weighted by Gasteiger charge is -2.33. The summed E-state index contributed by atoms with van der Waals surface area (Å²) in [6, 6.07) is 11.0. The van der Waals surface area contributed by atoms with Crippen LogP contribution in [0.3, 0.4) is 0 Å². The Morgan fingerprint density at radius 2 is 1.84 bits per heavy atom. The van der Waals surface area contributed by atoms with Crippen molar-refractivity contribution >= 4 is 0 Å². The lowest BCUT2D eigenvalue weighted by molar-refractivity contribution is 0.291. The average molecular weight is 256 g/mol. The molecule has 1 heterocycles. The van der Waals surface area contributed by atoms with Crippen LogP contribution in [0.4, 0.5) is 0 Å². The number of hydrogen-bond acceptors (Lipinski definition) is 2. The Hall–Kier alpha value is -1.12. The van der Waals surface area contributed by atoms with Crippen LogP contribution in [-0.2, 0) is 6.54 Å². The summed E-state index contributed by atoms with van der Waals surface area (Å²) in [6.07, 6.45) is 2.39. The second-order valence-electron chi connectivity index (χ2n) is 6.30. The summed E-state index contributed by atoms with van der Waals surface area (Å²) in [5.41, 5.74) is 9.18. The molecule has 102 valence electrons. The first kappa shape index (κ1) is 12.9. The normalized spacial score (nSPS) is 35.0. The van der Waals surface area contributed by atoms with E-state index >= 15 is 0 Å². The topological polar surface area (TPSA) is 29.3 Å². The van der Waals surface area contributed by atoms with Crippen molar-refractivity contribution < 1.29 is 0 Å². The van der Waals surface area contributed by atoms with E-state index in [1.807, 2.05) is 0 Å². The van der Waals surface area contributed by atoms with Crippen LogP contribution in [0.15, 0.2) is 42.0 Å². The Morgan fingerprint density at radius 1 is 1.16 bits per heavy atom. The molecule has 4 atom stereocenters. The highest BCUT2D eigenvalue weighted by Crippen LogP contribution is 2.38. The molecular weight excluding hydrogens is 232 g/mol. The summed E-state index contributed by atoms with van der Waals surface area (Å²) >= 11 is 0. The summed E-state index contributed by atoms with van der Waals surface area (Å²) in [6.45, 7) is 7.94. The lowest BCUT2D eigenvalue weighted by Crippen LogP contribution is -2.41. The fraction of sp³-hybridized carbons (Fsp3) is 0.529. The molecule has 1 saturated heterocycles. The SMILES string of the molecule is CC1=C[C@@H](C)[C@H]2CN(Cc3ccccc3)C[C@H]2[C@H]1N. The third kappa shape index (κ3) is 2.47. The molecule has 2 nitrogen and oxygen atoms in total. The van der Waals surface area contributed by atoms with Gasteiger partial charge in [-0.1, -0.05) is 48.9 Å². The van der Waals surface area contributed by atoms with Gasteiger partial charge in [0.2, 0.25) is 0 Å². The molecule has 0 bridgehead atoms. The monoisotopic (exact) mass is 256 g/mol. The lowest BCUT2D eigenvalue weighted by atomic mass is 9.73. The van der Waals surface area contributed by atoms with Crippen LogP contribution >= 0.6 is 0 Å². The number of likely N-dealkylation sites (tertiary alicyclic amines) is 1. The maximum Gasteiger partial charge on any atom is 0.0295 e. The highest BCUT2D eigenvalue weighted by molar-refractivity contribution is 5.20. The van der Waals surface area contributed by atoms with Crippen LogP contribution in [0, 0.1) is 17.8 Å². The van der Waals surface area contributed by atoms with Gasteiger partial charge in [-0.05, 0) is 30.2 Å². The van der Waals surface area contributed by atoms with E-state index in [9.17, 15) is 0 Å². The maximum absolute atomic E-state index is 6.39. The number of rotatable bonds is 2. The van der Waals surface area contributed by atoms with Crippen molar-refractivity contribution in [1.82, 2.24) is 4.90 Å². The quantitative estimate of drug-likeness (QED) is 0.824. The maximum atomic E-state index is 6.39. The fourth-order valence-corrected chi connectivity index (χ4v) is 3.84. The summed E-state index contributed by atoms with van der Waals surface area (Å²) in [7, 11) is 0. The molecule has 1 aliphatic carbocycles. The number of nitrogens with zero attached hydrogens (tertiary/aromatic N) is 1. The van der Waals surface area contributed by atoms with Gasteiger partial charge in [0, 0.05) is 25.7 Å². The van der Waals surface area contributed by atoms with E-state index in [-0.39, 0.29) is 6.04 Å².